The van der Waals surface area contributed by atoms with E-state index < -0.39 is 11.7 Å². The number of carbonyl (C=O) groups is 2. The summed E-state index contributed by atoms with van der Waals surface area (Å²) in [5, 5.41) is 0. The van der Waals surface area contributed by atoms with E-state index in [1.165, 1.54) is 7.05 Å². The lowest BCUT2D eigenvalue weighted by molar-refractivity contribution is -0.128. The lowest BCUT2D eigenvalue weighted by atomic mass is 10.2. The molecule has 0 aromatic carbocycles. The zero-order chi connectivity index (χ0) is 10.6. The van der Waals surface area contributed by atoms with Gasteiger partial charge in [0, 0.05) is 13.5 Å². The van der Waals surface area contributed by atoms with E-state index in [0.717, 1.165) is 4.90 Å². The Bertz CT molecular complexity index is 205. The summed E-state index contributed by atoms with van der Waals surface area (Å²) in [5.74, 6) is -0.241. The summed E-state index contributed by atoms with van der Waals surface area (Å²) in [6, 6.07) is 0. The van der Waals surface area contributed by atoms with E-state index in [1.54, 1.807) is 27.7 Å². The molecule has 0 saturated heterocycles. The summed E-state index contributed by atoms with van der Waals surface area (Å²) >= 11 is 0. The van der Waals surface area contributed by atoms with Crippen molar-refractivity contribution in [2.45, 2.75) is 39.7 Å². The number of rotatable bonds is 1. The standard InChI is InChI=1S/C9H17NO3/c1-6-7(11)10(5)8(12)13-9(2,3)4/h6H2,1-5H3. The number of carbonyl (C=O) groups excluding carboxylic acids is 2. The Kier molecular flexibility index (Phi) is 3.91. The Balaban J connectivity index is 4.20. The van der Waals surface area contributed by atoms with Crippen molar-refractivity contribution >= 4 is 12.0 Å². The fourth-order valence-corrected chi connectivity index (χ4v) is 0.669. The first-order valence-electron chi connectivity index (χ1n) is 4.27. The normalized spacial score (nSPS) is 10.8. The molecule has 0 heterocycles. The zero-order valence-electron chi connectivity index (χ0n) is 8.88. The van der Waals surface area contributed by atoms with Crippen LogP contribution < -0.4 is 0 Å². The molecule has 0 rings (SSSR count). The summed E-state index contributed by atoms with van der Waals surface area (Å²) in [7, 11) is 1.42. The molecule has 0 aliphatic carbocycles. The number of nitrogens with zero attached hydrogens (tertiary/aromatic N) is 1. The Labute approximate surface area is 78.9 Å². The second kappa shape index (κ2) is 4.25. The molecule has 0 aliphatic heterocycles. The lowest BCUT2D eigenvalue weighted by Gasteiger charge is -2.23. The zero-order valence-corrected chi connectivity index (χ0v) is 8.88. The lowest BCUT2D eigenvalue weighted by Crippen LogP contribution is -2.37. The Hall–Kier alpha value is -1.06. The molecule has 13 heavy (non-hydrogen) atoms. The van der Waals surface area contributed by atoms with E-state index in [-0.39, 0.29) is 5.91 Å². The molecule has 76 valence electrons. The van der Waals surface area contributed by atoms with Crippen molar-refractivity contribution in [2.75, 3.05) is 7.05 Å². The molecule has 0 unspecified atom stereocenters. The van der Waals surface area contributed by atoms with Crippen LogP contribution in [0, 0.1) is 0 Å². The molecule has 0 fully saturated rings. The second-order valence-corrected chi connectivity index (χ2v) is 3.79. The molecular formula is C9H17NO3. The predicted molar refractivity (Wildman–Crippen MR) is 49.3 cm³/mol. The molecule has 0 atom stereocenters. The number of hydrogen-bond donors (Lipinski definition) is 0. The molecule has 0 radical (unpaired) electrons. The largest absolute Gasteiger partial charge is 0.443 e. The highest BCUT2D eigenvalue weighted by Crippen LogP contribution is 2.09. The van der Waals surface area contributed by atoms with Gasteiger partial charge in [-0.05, 0) is 20.8 Å². The fraction of sp³-hybridized carbons (Fsp3) is 0.778. The van der Waals surface area contributed by atoms with Crippen LogP contribution in [0.3, 0.4) is 0 Å². The average molecular weight is 187 g/mol. The Morgan fingerprint density at radius 1 is 1.31 bits per heavy atom. The summed E-state index contributed by atoms with van der Waals surface area (Å²) in [6.07, 6.45) is -0.296. The highest BCUT2D eigenvalue weighted by atomic mass is 16.6. The van der Waals surface area contributed by atoms with Crippen molar-refractivity contribution in [3.63, 3.8) is 0 Å². The third kappa shape index (κ3) is 4.50. The minimum absolute atomic E-state index is 0.241. The maximum Gasteiger partial charge on any atom is 0.416 e. The van der Waals surface area contributed by atoms with Crippen LogP contribution in [0.15, 0.2) is 0 Å². The SMILES string of the molecule is CCC(=O)N(C)C(=O)OC(C)(C)C. The third-order valence-electron chi connectivity index (χ3n) is 1.34. The summed E-state index contributed by atoms with van der Waals surface area (Å²) < 4.78 is 4.99. The van der Waals surface area contributed by atoms with Gasteiger partial charge in [0.15, 0.2) is 0 Å². The third-order valence-corrected chi connectivity index (χ3v) is 1.34. The molecule has 2 amide bonds. The van der Waals surface area contributed by atoms with E-state index >= 15 is 0 Å². The van der Waals surface area contributed by atoms with E-state index in [2.05, 4.69) is 0 Å². The van der Waals surface area contributed by atoms with Crippen LogP contribution in [0.1, 0.15) is 34.1 Å². The molecule has 0 spiro atoms. The van der Waals surface area contributed by atoms with Gasteiger partial charge in [0.2, 0.25) is 5.91 Å². The summed E-state index contributed by atoms with van der Waals surface area (Å²) in [4.78, 5) is 23.3. The molecule has 4 heteroatoms. The second-order valence-electron chi connectivity index (χ2n) is 3.79. The smallest absolute Gasteiger partial charge is 0.416 e. The molecule has 0 aromatic rings. The molecular weight excluding hydrogens is 170 g/mol. The Morgan fingerprint density at radius 2 is 1.77 bits per heavy atom. The van der Waals surface area contributed by atoms with Crippen LogP contribution in [-0.4, -0.2) is 29.5 Å². The first-order chi connectivity index (χ1) is 5.78. The van der Waals surface area contributed by atoms with Gasteiger partial charge in [-0.3, -0.25) is 9.69 Å². The van der Waals surface area contributed by atoms with Crippen LogP contribution >= 0.6 is 0 Å². The van der Waals surface area contributed by atoms with Gasteiger partial charge in [-0.2, -0.15) is 0 Å². The van der Waals surface area contributed by atoms with Gasteiger partial charge in [0.25, 0.3) is 0 Å². The highest BCUT2D eigenvalue weighted by Gasteiger charge is 2.22. The summed E-state index contributed by atoms with van der Waals surface area (Å²) in [6.45, 7) is 6.97. The monoisotopic (exact) mass is 187 g/mol. The number of hydrogen-bond acceptors (Lipinski definition) is 3. The van der Waals surface area contributed by atoms with Crippen molar-refractivity contribution in [1.29, 1.82) is 0 Å². The molecule has 0 aromatic heterocycles. The van der Waals surface area contributed by atoms with Crippen LogP contribution in [0.2, 0.25) is 0 Å². The van der Waals surface area contributed by atoms with Gasteiger partial charge in [-0.1, -0.05) is 6.92 Å². The van der Waals surface area contributed by atoms with Crippen molar-refractivity contribution in [1.82, 2.24) is 4.90 Å². The van der Waals surface area contributed by atoms with E-state index in [0.29, 0.717) is 6.42 Å². The quantitative estimate of drug-likeness (QED) is 0.628. The summed E-state index contributed by atoms with van der Waals surface area (Å²) in [5.41, 5.74) is -0.556. The predicted octanol–water partition coefficient (Wildman–Crippen LogP) is 1.79. The van der Waals surface area contributed by atoms with Crippen molar-refractivity contribution in [3.05, 3.63) is 0 Å². The molecule has 0 saturated carbocycles. The van der Waals surface area contributed by atoms with Gasteiger partial charge in [0.05, 0.1) is 0 Å². The number of imide groups is 1. The van der Waals surface area contributed by atoms with Crippen molar-refractivity contribution in [3.8, 4) is 0 Å². The number of amides is 2. The van der Waals surface area contributed by atoms with Crippen LogP contribution in [0.5, 0.6) is 0 Å². The van der Waals surface area contributed by atoms with Crippen molar-refractivity contribution < 1.29 is 14.3 Å². The maximum absolute atomic E-state index is 11.2. The minimum Gasteiger partial charge on any atom is -0.443 e. The first-order valence-corrected chi connectivity index (χ1v) is 4.27. The van der Waals surface area contributed by atoms with Crippen molar-refractivity contribution in [2.24, 2.45) is 0 Å². The average Bonchev–Trinajstić information content (AvgIpc) is 1.98. The van der Waals surface area contributed by atoms with Gasteiger partial charge >= 0.3 is 6.09 Å². The van der Waals surface area contributed by atoms with E-state index in [9.17, 15) is 9.59 Å². The van der Waals surface area contributed by atoms with Gasteiger partial charge < -0.3 is 4.74 Å². The molecule has 0 aliphatic rings. The fourth-order valence-electron chi connectivity index (χ4n) is 0.669. The van der Waals surface area contributed by atoms with Crippen LogP contribution in [-0.2, 0) is 9.53 Å². The van der Waals surface area contributed by atoms with E-state index in [4.69, 9.17) is 4.74 Å². The Morgan fingerprint density at radius 3 is 2.08 bits per heavy atom. The highest BCUT2D eigenvalue weighted by molar-refractivity contribution is 5.91. The minimum atomic E-state index is -0.598. The van der Waals surface area contributed by atoms with Crippen LogP contribution in [0.4, 0.5) is 4.79 Å². The topological polar surface area (TPSA) is 46.6 Å². The molecule has 0 bridgehead atoms. The maximum atomic E-state index is 11.2. The van der Waals surface area contributed by atoms with Crippen LogP contribution in [0.25, 0.3) is 0 Å². The van der Waals surface area contributed by atoms with Gasteiger partial charge in [-0.25, -0.2) is 4.79 Å². The van der Waals surface area contributed by atoms with Gasteiger partial charge in [0.1, 0.15) is 5.60 Å². The molecule has 4 nitrogen and oxygen atoms in total. The molecule has 0 N–H and O–H groups in total. The van der Waals surface area contributed by atoms with E-state index in [1.807, 2.05) is 0 Å². The first kappa shape index (κ1) is 11.9. The van der Waals surface area contributed by atoms with Gasteiger partial charge in [-0.15, -0.1) is 0 Å². The number of ether oxygens (including phenoxy) is 1.